The number of nitrogens with zero attached hydrogens (tertiary/aromatic N) is 2. The van der Waals surface area contributed by atoms with Crippen LogP contribution in [0.4, 0.5) is 0 Å². The van der Waals surface area contributed by atoms with E-state index in [0.29, 0.717) is 6.54 Å². The van der Waals surface area contributed by atoms with Crippen LogP contribution in [0.15, 0.2) is 5.38 Å². The summed E-state index contributed by atoms with van der Waals surface area (Å²) in [6.07, 6.45) is 0.320. The fraction of sp³-hybridized carbons (Fsp3) is 0.727. The van der Waals surface area contributed by atoms with E-state index in [2.05, 4.69) is 15.3 Å². The number of nitrogens with two attached hydrogens (primary N) is 1. The van der Waals surface area contributed by atoms with Crippen LogP contribution in [0.1, 0.15) is 10.7 Å². The number of aromatic nitrogens is 1. The van der Waals surface area contributed by atoms with Gasteiger partial charge in [0.25, 0.3) is 0 Å². The first kappa shape index (κ1) is 12.9. The van der Waals surface area contributed by atoms with Crippen molar-refractivity contribution in [3.63, 3.8) is 0 Å². The van der Waals surface area contributed by atoms with Crippen LogP contribution in [-0.2, 0) is 22.6 Å². The van der Waals surface area contributed by atoms with Gasteiger partial charge in [0.1, 0.15) is 5.01 Å². The molecule has 0 bridgehead atoms. The summed E-state index contributed by atoms with van der Waals surface area (Å²) in [5.74, 6) is 0. The molecule has 1 aliphatic heterocycles. The Morgan fingerprint density at radius 2 is 2.06 bits per heavy atom. The summed E-state index contributed by atoms with van der Waals surface area (Å²) in [7, 11) is 3.46. The van der Waals surface area contributed by atoms with Gasteiger partial charge in [0.05, 0.1) is 17.9 Å². The van der Waals surface area contributed by atoms with Crippen LogP contribution in [0.3, 0.4) is 0 Å². The Morgan fingerprint density at radius 3 is 2.53 bits per heavy atom. The number of rotatable bonds is 5. The van der Waals surface area contributed by atoms with E-state index in [1.165, 1.54) is 0 Å². The van der Waals surface area contributed by atoms with Crippen molar-refractivity contribution in [3.05, 3.63) is 16.1 Å². The third-order valence-corrected chi connectivity index (χ3v) is 3.98. The largest absolute Gasteiger partial charge is 0.377 e. The zero-order chi connectivity index (χ0) is 12.3. The maximum Gasteiger partial charge on any atom is 0.106 e. The molecule has 2 unspecified atom stereocenters. The van der Waals surface area contributed by atoms with Gasteiger partial charge in [-0.25, -0.2) is 4.98 Å². The molecule has 2 atom stereocenters. The van der Waals surface area contributed by atoms with Crippen molar-refractivity contribution in [2.24, 2.45) is 5.73 Å². The standard InChI is InChI=1S/C11H19N3O2S/c1-15-9-5-14(6-10(9)16-2)4-8-7-17-11(3-12)13-8/h7,9-10H,3-6,12H2,1-2H3. The van der Waals surface area contributed by atoms with Crippen molar-refractivity contribution >= 4 is 11.3 Å². The fourth-order valence-electron chi connectivity index (χ4n) is 2.14. The summed E-state index contributed by atoms with van der Waals surface area (Å²) >= 11 is 1.62. The lowest BCUT2D eigenvalue weighted by molar-refractivity contribution is -0.00461. The third kappa shape index (κ3) is 3.02. The number of thiazole rings is 1. The highest BCUT2D eigenvalue weighted by Gasteiger charge is 2.32. The van der Waals surface area contributed by atoms with Crippen LogP contribution in [0.25, 0.3) is 0 Å². The molecule has 2 N–H and O–H groups in total. The molecule has 2 rings (SSSR count). The quantitative estimate of drug-likeness (QED) is 0.830. The van der Waals surface area contributed by atoms with Gasteiger partial charge in [-0.3, -0.25) is 4.90 Å². The molecule has 0 saturated carbocycles. The maximum absolute atomic E-state index is 5.55. The third-order valence-electron chi connectivity index (χ3n) is 3.06. The number of ether oxygens (including phenoxy) is 2. The summed E-state index contributed by atoms with van der Waals surface area (Å²) in [6, 6.07) is 0. The Hall–Kier alpha value is -0.530. The van der Waals surface area contributed by atoms with Crippen LogP contribution in [0.2, 0.25) is 0 Å². The molecule has 17 heavy (non-hydrogen) atoms. The molecule has 0 radical (unpaired) electrons. The average Bonchev–Trinajstić information content (AvgIpc) is 2.95. The number of likely N-dealkylation sites (tertiary alicyclic amines) is 1. The summed E-state index contributed by atoms with van der Waals surface area (Å²) < 4.78 is 10.8. The molecule has 96 valence electrons. The van der Waals surface area contributed by atoms with E-state index in [4.69, 9.17) is 15.2 Å². The second-order valence-corrected chi connectivity index (χ2v) is 5.12. The predicted molar refractivity (Wildman–Crippen MR) is 66.9 cm³/mol. The van der Waals surface area contributed by atoms with Gasteiger partial charge >= 0.3 is 0 Å². The molecule has 1 aliphatic rings. The molecule has 1 fully saturated rings. The number of methoxy groups -OCH3 is 2. The number of hydrogen-bond donors (Lipinski definition) is 1. The van der Waals surface area contributed by atoms with Gasteiger partial charge in [-0.05, 0) is 0 Å². The Labute approximate surface area is 106 Å². The van der Waals surface area contributed by atoms with Crippen molar-refractivity contribution in [1.29, 1.82) is 0 Å². The van der Waals surface area contributed by atoms with Gasteiger partial charge in [0.2, 0.25) is 0 Å². The molecule has 6 heteroatoms. The first-order valence-corrected chi connectivity index (χ1v) is 6.56. The summed E-state index contributed by atoms with van der Waals surface area (Å²) in [6.45, 7) is 3.15. The molecule has 1 aromatic rings. The van der Waals surface area contributed by atoms with E-state index in [1.54, 1.807) is 25.6 Å². The van der Waals surface area contributed by atoms with Crippen LogP contribution in [-0.4, -0.2) is 49.4 Å². The molecule has 2 heterocycles. The first-order valence-electron chi connectivity index (χ1n) is 5.68. The zero-order valence-corrected chi connectivity index (χ0v) is 11.1. The van der Waals surface area contributed by atoms with Crippen molar-refractivity contribution in [3.8, 4) is 0 Å². The van der Waals surface area contributed by atoms with Crippen LogP contribution < -0.4 is 5.73 Å². The Balaban J connectivity index is 1.92. The van der Waals surface area contributed by atoms with Gasteiger partial charge < -0.3 is 15.2 Å². The summed E-state index contributed by atoms with van der Waals surface area (Å²) in [4.78, 5) is 6.77. The zero-order valence-electron chi connectivity index (χ0n) is 10.3. The van der Waals surface area contributed by atoms with Crippen molar-refractivity contribution in [2.75, 3.05) is 27.3 Å². The van der Waals surface area contributed by atoms with E-state index < -0.39 is 0 Å². The molecular formula is C11H19N3O2S. The molecule has 0 amide bonds. The number of hydrogen-bond acceptors (Lipinski definition) is 6. The fourth-order valence-corrected chi connectivity index (χ4v) is 2.81. The van der Waals surface area contributed by atoms with Crippen molar-refractivity contribution < 1.29 is 9.47 Å². The molecule has 5 nitrogen and oxygen atoms in total. The van der Waals surface area contributed by atoms with E-state index in [-0.39, 0.29) is 12.2 Å². The Morgan fingerprint density at radius 1 is 1.41 bits per heavy atom. The van der Waals surface area contributed by atoms with Gasteiger partial charge in [-0.1, -0.05) is 0 Å². The van der Waals surface area contributed by atoms with Crippen LogP contribution in [0.5, 0.6) is 0 Å². The Kier molecular flexibility index (Phi) is 4.47. The van der Waals surface area contributed by atoms with Gasteiger partial charge in [0.15, 0.2) is 0 Å². The van der Waals surface area contributed by atoms with Gasteiger partial charge in [0, 0.05) is 45.8 Å². The monoisotopic (exact) mass is 257 g/mol. The highest BCUT2D eigenvalue weighted by molar-refractivity contribution is 7.09. The molecular weight excluding hydrogens is 238 g/mol. The first-order chi connectivity index (χ1) is 8.26. The normalized spacial score (nSPS) is 25.6. The van der Waals surface area contributed by atoms with E-state index in [0.717, 1.165) is 30.3 Å². The van der Waals surface area contributed by atoms with Crippen molar-refractivity contribution in [1.82, 2.24) is 9.88 Å². The summed E-state index contributed by atoms with van der Waals surface area (Å²) in [5.41, 5.74) is 6.64. The maximum atomic E-state index is 5.55. The van der Waals surface area contributed by atoms with Gasteiger partial charge in [-0.15, -0.1) is 11.3 Å². The van der Waals surface area contributed by atoms with E-state index in [9.17, 15) is 0 Å². The van der Waals surface area contributed by atoms with Crippen molar-refractivity contribution in [2.45, 2.75) is 25.3 Å². The molecule has 0 spiro atoms. The Bertz CT molecular complexity index is 346. The lowest BCUT2D eigenvalue weighted by atomic mass is 10.3. The van der Waals surface area contributed by atoms with E-state index in [1.807, 2.05) is 0 Å². The summed E-state index contributed by atoms with van der Waals surface area (Å²) in [5, 5.41) is 3.07. The highest BCUT2D eigenvalue weighted by atomic mass is 32.1. The van der Waals surface area contributed by atoms with Gasteiger partial charge in [-0.2, -0.15) is 0 Å². The topological polar surface area (TPSA) is 60.6 Å². The molecule has 1 saturated heterocycles. The molecule has 0 aromatic carbocycles. The minimum absolute atomic E-state index is 0.160. The average molecular weight is 257 g/mol. The minimum atomic E-state index is 0.160. The predicted octanol–water partition coefficient (Wildman–Crippen LogP) is 0.447. The minimum Gasteiger partial charge on any atom is -0.377 e. The molecule has 0 aliphatic carbocycles. The molecule has 1 aromatic heterocycles. The van der Waals surface area contributed by atoms with E-state index >= 15 is 0 Å². The smallest absolute Gasteiger partial charge is 0.106 e. The lowest BCUT2D eigenvalue weighted by Gasteiger charge is -2.13. The second-order valence-electron chi connectivity index (χ2n) is 4.18. The second kappa shape index (κ2) is 5.88. The SMILES string of the molecule is COC1CN(Cc2csc(CN)n2)CC1OC. The highest BCUT2D eigenvalue weighted by Crippen LogP contribution is 2.19. The van der Waals surface area contributed by atoms with Crippen LogP contribution in [0, 0.1) is 0 Å². The lowest BCUT2D eigenvalue weighted by Crippen LogP contribution is -2.27. The van der Waals surface area contributed by atoms with Crippen LogP contribution >= 0.6 is 11.3 Å².